The SMILES string of the molecule is COc1ccc(C(O)CNS(=O)(=O)c2ccccc2)cc1OC. The van der Waals surface area contributed by atoms with Crippen LogP contribution in [0.4, 0.5) is 0 Å². The highest BCUT2D eigenvalue weighted by Gasteiger charge is 2.17. The van der Waals surface area contributed by atoms with Gasteiger partial charge >= 0.3 is 0 Å². The summed E-state index contributed by atoms with van der Waals surface area (Å²) in [6.45, 7) is -0.146. The van der Waals surface area contributed by atoms with Gasteiger partial charge in [0, 0.05) is 6.54 Å². The normalized spacial score (nSPS) is 12.7. The third-order valence-corrected chi connectivity index (χ3v) is 4.75. The van der Waals surface area contributed by atoms with Crippen molar-refractivity contribution in [2.24, 2.45) is 0 Å². The summed E-state index contributed by atoms with van der Waals surface area (Å²) >= 11 is 0. The molecule has 0 saturated carbocycles. The van der Waals surface area contributed by atoms with Crippen LogP contribution in [0.1, 0.15) is 11.7 Å². The summed E-state index contributed by atoms with van der Waals surface area (Å²) in [6, 6.07) is 12.9. The quantitative estimate of drug-likeness (QED) is 0.803. The fourth-order valence-corrected chi connectivity index (χ4v) is 3.11. The molecule has 23 heavy (non-hydrogen) atoms. The molecule has 2 rings (SSSR count). The third-order valence-electron chi connectivity index (χ3n) is 3.31. The summed E-state index contributed by atoms with van der Waals surface area (Å²) in [7, 11) is -0.650. The molecule has 1 atom stereocenters. The molecule has 0 saturated heterocycles. The molecule has 0 aromatic heterocycles. The van der Waals surface area contributed by atoms with Gasteiger partial charge in [-0.2, -0.15) is 0 Å². The Morgan fingerprint density at radius 2 is 1.70 bits per heavy atom. The Morgan fingerprint density at radius 1 is 1.04 bits per heavy atom. The van der Waals surface area contributed by atoms with Gasteiger partial charge in [0.2, 0.25) is 10.0 Å². The zero-order chi connectivity index (χ0) is 16.9. The second-order valence-corrected chi connectivity index (χ2v) is 6.56. The van der Waals surface area contributed by atoms with Crippen LogP contribution in [-0.4, -0.2) is 34.3 Å². The number of sulfonamides is 1. The van der Waals surface area contributed by atoms with Crippen LogP contribution >= 0.6 is 0 Å². The van der Waals surface area contributed by atoms with Crippen LogP contribution in [0, 0.1) is 0 Å². The summed E-state index contributed by atoms with van der Waals surface area (Å²) in [6.07, 6.45) is -1.01. The lowest BCUT2D eigenvalue weighted by Crippen LogP contribution is -2.28. The molecule has 0 spiro atoms. The summed E-state index contributed by atoms with van der Waals surface area (Å²) in [5.74, 6) is 1.00. The Balaban J connectivity index is 2.09. The maximum Gasteiger partial charge on any atom is 0.240 e. The summed E-state index contributed by atoms with van der Waals surface area (Å²) < 4.78 is 36.9. The Bertz CT molecular complexity index is 746. The number of hydrogen-bond acceptors (Lipinski definition) is 5. The van der Waals surface area contributed by atoms with E-state index in [0.29, 0.717) is 17.1 Å². The van der Waals surface area contributed by atoms with Gasteiger partial charge in [0.1, 0.15) is 0 Å². The average Bonchev–Trinajstić information content (AvgIpc) is 2.59. The Morgan fingerprint density at radius 3 is 2.30 bits per heavy atom. The van der Waals surface area contributed by atoms with Crippen LogP contribution in [0.25, 0.3) is 0 Å². The van der Waals surface area contributed by atoms with Crippen LogP contribution in [0.15, 0.2) is 53.4 Å². The number of aliphatic hydroxyl groups is 1. The first-order chi connectivity index (χ1) is 11.0. The van der Waals surface area contributed by atoms with E-state index in [0.717, 1.165) is 0 Å². The highest BCUT2D eigenvalue weighted by atomic mass is 32.2. The number of ether oxygens (including phenoxy) is 2. The summed E-state index contributed by atoms with van der Waals surface area (Å²) in [5, 5.41) is 10.2. The topological polar surface area (TPSA) is 84.9 Å². The van der Waals surface area contributed by atoms with Gasteiger partial charge in [-0.3, -0.25) is 0 Å². The predicted molar refractivity (Wildman–Crippen MR) is 86.1 cm³/mol. The lowest BCUT2D eigenvalue weighted by molar-refractivity contribution is 0.181. The van der Waals surface area contributed by atoms with Crippen molar-refractivity contribution >= 4 is 10.0 Å². The molecule has 2 N–H and O–H groups in total. The van der Waals surface area contributed by atoms with Crippen molar-refractivity contribution in [1.29, 1.82) is 0 Å². The molecule has 0 aliphatic heterocycles. The largest absolute Gasteiger partial charge is 0.493 e. The van der Waals surface area contributed by atoms with Crippen LogP contribution < -0.4 is 14.2 Å². The van der Waals surface area contributed by atoms with Gasteiger partial charge in [0.25, 0.3) is 0 Å². The number of rotatable bonds is 7. The molecule has 124 valence electrons. The highest BCUT2D eigenvalue weighted by molar-refractivity contribution is 7.89. The lowest BCUT2D eigenvalue weighted by Gasteiger charge is -2.15. The second-order valence-electron chi connectivity index (χ2n) is 4.80. The molecular formula is C16H19NO5S. The average molecular weight is 337 g/mol. The molecule has 0 aliphatic rings. The minimum Gasteiger partial charge on any atom is -0.493 e. The molecule has 0 amide bonds. The Kier molecular flexibility index (Phi) is 5.59. The molecule has 2 aromatic carbocycles. The van der Waals surface area contributed by atoms with E-state index in [1.54, 1.807) is 36.4 Å². The first-order valence-electron chi connectivity index (χ1n) is 6.92. The van der Waals surface area contributed by atoms with Gasteiger partial charge in [-0.1, -0.05) is 24.3 Å². The van der Waals surface area contributed by atoms with Gasteiger partial charge in [-0.25, -0.2) is 13.1 Å². The fraction of sp³-hybridized carbons (Fsp3) is 0.250. The number of benzene rings is 2. The van der Waals surface area contributed by atoms with Crippen molar-refractivity contribution in [2.75, 3.05) is 20.8 Å². The van der Waals surface area contributed by atoms with Gasteiger partial charge in [-0.15, -0.1) is 0 Å². The number of aliphatic hydroxyl groups excluding tert-OH is 1. The molecule has 0 fully saturated rings. The van der Waals surface area contributed by atoms with Crippen molar-refractivity contribution < 1.29 is 23.0 Å². The van der Waals surface area contributed by atoms with Crippen molar-refractivity contribution in [3.8, 4) is 11.5 Å². The maximum atomic E-state index is 12.1. The predicted octanol–water partition coefficient (Wildman–Crippen LogP) is 1.72. The van der Waals surface area contributed by atoms with Crippen molar-refractivity contribution in [3.05, 3.63) is 54.1 Å². The van der Waals surface area contributed by atoms with Gasteiger partial charge in [0.15, 0.2) is 11.5 Å². The van der Waals surface area contributed by atoms with Crippen LogP contribution in [0.2, 0.25) is 0 Å². The van der Waals surface area contributed by atoms with E-state index in [9.17, 15) is 13.5 Å². The number of methoxy groups -OCH3 is 2. The first-order valence-corrected chi connectivity index (χ1v) is 8.41. The lowest BCUT2D eigenvalue weighted by atomic mass is 10.1. The van der Waals surface area contributed by atoms with E-state index in [-0.39, 0.29) is 11.4 Å². The number of hydrogen-bond donors (Lipinski definition) is 2. The van der Waals surface area contributed by atoms with E-state index in [2.05, 4.69) is 4.72 Å². The molecule has 0 bridgehead atoms. The molecule has 2 aromatic rings. The Hall–Kier alpha value is -2.09. The van der Waals surface area contributed by atoms with E-state index in [4.69, 9.17) is 9.47 Å². The highest BCUT2D eigenvalue weighted by Crippen LogP contribution is 2.29. The number of nitrogens with one attached hydrogen (secondary N) is 1. The maximum absolute atomic E-state index is 12.1. The van der Waals surface area contributed by atoms with E-state index < -0.39 is 16.1 Å². The van der Waals surface area contributed by atoms with E-state index in [1.165, 1.54) is 26.4 Å². The molecule has 0 radical (unpaired) electrons. The molecule has 7 heteroatoms. The fourth-order valence-electron chi connectivity index (χ4n) is 2.05. The second kappa shape index (κ2) is 7.45. The van der Waals surface area contributed by atoms with E-state index in [1.807, 2.05) is 0 Å². The minimum atomic E-state index is -3.66. The monoisotopic (exact) mass is 337 g/mol. The van der Waals surface area contributed by atoms with Gasteiger partial charge < -0.3 is 14.6 Å². The summed E-state index contributed by atoms with van der Waals surface area (Å²) in [5.41, 5.74) is 0.526. The van der Waals surface area contributed by atoms with Gasteiger partial charge in [-0.05, 0) is 29.8 Å². The van der Waals surface area contributed by atoms with Crippen molar-refractivity contribution in [2.45, 2.75) is 11.0 Å². The smallest absolute Gasteiger partial charge is 0.240 e. The van der Waals surface area contributed by atoms with E-state index >= 15 is 0 Å². The first kappa shape index (κ1) is 17.3. The third kappa shape index (κ3) is 4.22. The van der Waals surface area contributed by atoms with Crippen LogP contribution in [0.3, 0.4) is 0 Å². The zero-order valence-corrected chi connectivity index (χ0v) is 13.7. The zero-order valence-electron chi connectivity index (χ0n) is 12.9. The standard InChI is InChI=1S/C16H19NO5S/c1-21-15-9-8-12(10-16(15)22-2)14(18)11-17-23(19,20)13-6-4-3-5-7-13/h3-10,14,17-18H,11H2,1-2H3. The van der Waals surface area contributed by atoms with Crippen molar-refractivity contribution in [1.82, 2.24) is 4.72 Å². The molecular weight excluding hydrogens is 318 g/mol. The van der Waals surface area contributed by atoms with Crippen molar-refractivity contribution in [3.63, 3.8) is 0 Å². The molecule has 1 unspecified atom stereocenters. The summed E-state index contributed by atoms with van der Waals surface area (Å²) in [4.78, 5) is 0.152. The minimum absolute atomic E-state index is 0.146. The molecule has 0 aliphatic carbocycles. The molecule has 6 nitrogen and oxygen atoms in total. The molecule has 0 heterocycles. The van der Waals surface area contributed by atoms with Crippen LogP contribution in [-0.2, 0) is 10.0 Å². The van der Waals surface area contributed by atoms with Crippen LogP contribution in [0.5, 0.6) is 11.5 Å². The Labute approximate surface area is 135 Å². The van der Waals surface area contributed by atoms with Gasteiger partial charge in [0.05, 0.1) is 25.2 Å².